The molecule has 0 saturated heterocycles. The molecule has 0 rings (SSSR count). The highest BCUT2D eigenvalue weighted by Gasteiger charge is 2.23. The van der Waals surface area contributed by atoms with E-state index in [1.807, 2.05) is 6.92 Å². The van der Waals surface area contributed by atoms with Gasteiger partial charge in [0.2, 0.25) is 5.78 Å². The summed E-state index contributed by atoms with van der Waals surface area (Å²) in [5.74, 6) is -1.55. The van der Waals surface area contributed by atoms with E-state index in [2.05, 4.69) is 6.58 Å². The van der Waals surface area contributed by atoms with Gasteiger partial charge >= 0.3 is 5.97 Å². The second-order valence-electron chi connectivity index (χ2n) is 3.88. The summed E-state index contributed by atoms with van der Waals surface area (Å²) in [7, 11) is 0. The highest BCUT2D eigenvalue weighted by atomic mass is 16.5. The van der Waals surface area contributed by atoms with E-state index >= 15 is 0 Å². The summed E-state index contributed by atoms with van der Waals surface area (Å²) in [5, 5.41) is 0. The SMILES string of the molecule is C=C(C)CC(C)C(=O)C(=O)OC(C)C. The van der Waals surface area contributed by atoms with E-state index in [4.69, 9.17) is 4.74 Å². The summed E-state index contributed by atoms with van der Waals surface area (Å²) in [6.07, 6.45) is 0.287. The lowest BCUT2D eigenvalue weighted by Crippen LogP contribution is -2.26. The van der Waals surface area contributed by atoms with Crippen LogP contribution >= 0.6 is 0 Å². The lowest BCUT2D eigenvalue weighted by molar-refractivity contribution is -0.158. The van der Waals surface area contributed by atoms with Crippen LogP contribution < -0.4 is 0 Å². The molecule has 3 nitrogen and oxygen atoms in total. The van der Waals surface area contributed by atoms with Gasteiger partial charge in [-0.15, -0.1) is 6.58 Å². The molecule has 1 unspecified atom stereocenters. The minimum absolute atomic E-state index is 0.247. The lowest BCUT2D eigenvalue weighted by Gasteiger charge is -2.11. The smallest absolute Gasteiger partial charge is 0.375 e. The van der Waals surface area contributed by atoms with Crippen LogP contribution in [0.25, 0.3) is 0 Å². The Kier molecular flexibility index (Phi) is 5.13. The van der Waals surface area contributed by atoms with Crippen molar-refractivity contribution in [3.63, 3.8) is 0 Å². The van der Waals surface area contributed by atoms with Crippen molar-refractivity contribution < 1.29 is 14.3 Å². The molecule has 0 aliphatic heterocycles. The first-order valence-corrected chi connectivity index (χ1v) is 4.73. The number of esters is 1. The Morgan fingerprint density at radius 2 is 1.79 bits per heavy atom. The van der Waals surface area contributed by atoms with Gasteiger partial charge in [0.05, 0.1) is 6.10 Å². The molecule has 0 fully saturated rings. The summed E-state index contributed by atoms with van der Waals surface area (Å²) in [6, 6.07) is 0. The zero-order chi connectivity index (χ0) is 11.3. The van der Waals surface area contributed by atoms with Gasteiger partial charge in [-0.25, -0.2) is 4.79 Å². The maximum absolute atomic E-state index is 11.4. The van der Waals surface area contributed by atoms with Gasteiger partial charge < -0.3 is 4.74 Å². The monoisotopic (exact) mass is 198 g/mol. The molecule has 0 heterocycles. The molecule has 0 aliphatic rings. The Bertz CT molecular complexity index is 241. The molecule has 1 atom stereocenters. The summed E-state index contributed by atoms with van der Waals surface area (Å²) >= 11 is 0. The third-order valence-corrected chi connectivity index (χ3v) is 1.65. The van der Waals surface area contributed by atoms with Gasteiger partial charge in [-0.2, -0.15) is 0 Å². The Labute approximate surface area is 85.1 Å². The van der Waals surface area contributed by atoms with Gasteiger partial charge in [-0.05, 0) is 27.2 Å². The highest BCUT2D eigenvalue weighted by molar-refractivity contribution is 6.34. The molecule has 14 heavy (non-hydrogen) atoms. The van der Waals surface area contributed by atoms with Crippen LogP contribution in [0.3, 0.4) is 0 Å². The van der Waals surface area contributed by atoms with Crippen molar-refractivity contribution >= 4 is 11.8 Å². The van der Waals surface area contributed by atoms with Crippen molar-refractivity contribution in [1.82, 2.24) is 0 Å². The van der Waals surface area contributed by atoms with Crippen molar-refractivity contribution in [3.05, 3.63) is 12.2 Å². The fraction of sp³-hybridized carbons (Fsp3) is 0.636. The summed E-state index contributed by atoms with van der Waals surface area (Å²) in [6.45, 7) is 10.7. The Morgan fingerprint density at radius 1 is 1.29 bits per heavy atom. The Morgan fingerprint density at radius 3 is 2.14 bits per heavy atom. The molecule has 0 bridgehead atoms. The standard InChI is InChI=1S/C11H18O3/c1-7(2)6-9(5)10(12)11(13)14-8(3)4/h8-9H,1,6H2,2-5H3. The lowest BCUT2D eigenvalue weighted by atomic mass is 9.99. The number of ether oxygens (including phenoxy) is 1. The molecule has 80 valence electrons. The minimum atomic E-state index is -0.742. The molecule has 0 amide bonds. The predicted octanol–water partition coefficient (Wildman–Crippen LogP) is 2.11. The van der Waals surface area contributed by atoms with Crippen LogP contribution in [0.5, 0.6) is 0 Å². The molecule has 0 N–H and O–H groups in total. The number of allylic oxidation sites excluding steroid dienone is 1. The molecule has 0 radical (unpaired) electrons. The number of hydrogen-bond acceptors (Lipinski definition) is 3. The van der Waals surface area contributed by atoms with Crippen LogP contribution in [0.15, 0.2) is 12.2 Å². The molecular weight excluding hydrogens is 180 g/mol. The summed E-state index contributed by atoms with van der Waals surface area (Å²) < 4.78 is 4.80. The van der Waals surface area contributed by atoms with E-state index in [0.717, 1.165) is 5.57 Å². The quantitative estimate of drug-likeness (QED) is 0.386. The van der Waals surface area contributed by atoms with Crippen LogP contribution in [0.2, 0.25) is 0 Å². The van der Waals surface area contributed by atoms with Crippen LogP contribution in [-0.4, -0.2) is 17.9 Å². The van der Waals surface area contributed by atoms with Crippen molar-refractivity contribution in [2.75, 3.05) is 0 Å². The fourth-order valence-corrected chi connectivity index (χ4v) is 1.09. The van der Waals surface area contributed by atoms with E-state index < -0.39 is 11.8 Å². The van der Waals surface area contributed by atoms with E-state index in [-0.39, 0.29) is 12.0 Å². The molecule has 0 saturated carbocycles. The average molecular weight is 198 g/mol. The van der Waals surface area contributed by atoms with Crippen molar-refractivity contribution in [2.45, 2.75) is 40.2 Å². The van der Waals surface area contributed by atoms with Gasteiger partial charge in [-0.1, -0.05) is 12.5 Å². The number of carbonyl (C=O) groups is 2. The predicted molar refractivity (Wildman–Crippen MR) is 54.8 cm³/mol. The zero-order valence-corrected chi connectivity index (χ0v) is 9.29. The van der Waals surface area contributed by atoms with Crippen LogP contribution in [0.1, 0.15) is 34.1 Å². The van der Waals surface area contributed by atoms with E-state index in [0.29, 0.717) is 6.42 Å². The summed E-state index contributed by atoms with van der Waals surface area (Å²) in [5.41, 5.74) is 0.892. The first-order chi connectivity index (χ1) is 6.34. The molecule has 0 aromatic carbocycles. The number of rotatable bonds is 5. The van der Waals surface area contributed by atoms with E-state index in [1.165, 1.54) is 0 Å². The van der Waals surface area contributed by atoms with Gasteiger partial charge in [0, 0.05) is 5.92 Å². The Balaban J connectivity index is 4.18. The fourth-order valence-electron chi connectivity index (χ4n) is 1.09. The second kappa shape index (κ2) is 5.58. The largest absolute Gasteiger partial charge is 0.457 e. The van der Waals surface area contributed by atoms with Gasteiger partial charge in [0.25, 0.3) is 0 Å². The molecule has 0 aromatic heterocycles. The summed E-state index contributed by atoms with van der Waals surface area (Å²) in [4.78, 5) is 22.6. The second-order valence-corrected chi connectivity index (χ2v) is 3.88. The third-order valence-electron chi connectivity index (χ3n) is 1.65. The number of ketones is 1. The number of Topliss-reactive ketones (excluding diaryl/α,β-unsaturated/α-hetero) is 1. The van der Waals surface area contributed by atoms with Gasteiger partial charge in [0.1, 0.15) is 0 Å². The normalized spacial score (nSPS) is 12.4. The van der Waals surface area contributed by atoms with Crippen molar-refractivity contribution in [1.29, 1.82) is 0 Å². The van der Waals surface area contributed by atoms with Crippen molar-refractivity contribution in [3.8, 4) is 0 Å². The van der Waals surface area contributed by atoms with Crippen LogP contribution in [0.4, 0.5) is 0 Å². The minimum Gasteiger partial charge on any atom is -0.457 e. The van der Waals surface area contributed by atoms with Gasteiger partial charge in [0.15, 0.2) is 0 Å². The molecule has 0 spiro atoms. The Hall–Kier alpha value is -1.12. The maximum atomic E-state index is 11.4. The van der Waals surface area contributed by atoms with Crippen molar-refractivity contribution in [2.24, 2.45) is 5.92 Å². The maximum Gasteiger partial charge on any atom is 0.375 e. The molecule has 3 heteroatoms. The van der Waals surface area contributed by atoms with E-state index in [1.54, 1.807) is 20.8 Å². The van der Waals surface area contributed by atoms with Gasteiger partial charge in [-0.3, -0.25) is 4.79 Å². The number of carbonyl (C=O) groups excluding carboxylic acids is 2. The first-order valence-electron chi connectivity index (χ1n) is 4.73. The molecule has 0 aromatic rings. The zero-order valence-electron chi connectivity index (χ0n) is 9.29. The average Bonchev–Trinajstić information content (AvgIpc) is 2.00. The van der Waals surface area contributed by atoms with Crippen LogP contribution in [-0.2, 0) is 14.3 Å². The van der Waals surface area contributed by atoms with E-state index in [9.17, 15) is 9.59 Å². The highest BCUT2D eigenvalue weighted by Crippen LogP contribution is 2.11. The molecule has 0 aliphatic carbocycles. The van der Waals surface area contributed by atoms with Crippen LogP contribution in [0, 0.1) is 5.92 Å². The first kappa shape index (κ1) is 12.9. The third kappa shape index (κ3) is 4.80. The molecular formula is C11H18O3. The number of hydrogen-bond donors (Lipinski definition) is 0. The topological polar surface area (TPSA) is 43.4 Å².